The Bertz CT molecular complexity index is 860. The molecule has 2 aromatic carbocycles. The van der Waals surface area contributed by atoms with Crippen LogP contribution in [0.25, 0.3) is 0 Å². The normalized spacial score (nSPS) is 11.0. The smallest absolute Gasteiger partial charge is 0.253 e. The SMILES string of the molecule is CCc1cccc(NC(=O)CNC(=NC)NCc2ccc(C(=O)N(C)C)cc2)c1. The molecule has 0 bridgehead atoms. The number of carbonyl (C=O) groups is 2. The summed E-state index contributed by atoms with van der Waals surface area (Å²) in [6.07, 6.45) is 0.919. The van der Waals surface area contributed by atoms with Gasteiger partial charge in [-0.05, 0) is 41.8 Å². The van der Waals surface area contributed by atoms with Gasteiger partial charge in [0.1, 0.15) is 0 Å². The maximum absolute atomic E-state index is 12.2. The quantitative estimate of drug-likeness (QED) is 0.496. The molecule has 0 aromatic heterocycles. The first-order valence-corrected chi connectivity index (χ1v) is 9.56. The van der Waals surface area contributed by atoms with Gasteiger partial charge in [-0.1, -0.05) is 31.2 Å². The molecule has 154 valence electrons. The third-order valence-electron chi connectivity index (χ3n) is 4.33. The number of hydrogen-bond acceptors (Lipinski definition) is 3. The molecule has 7 heteroatoms. The van der Waals surface area contributed by atoms with Crippen LogP contribution in [0.15, 0.2) is 53.5 Å². The number of aryl methyl sites for hydroxylation is 1. The molecule has 0 spiro atoms. The molecule has 0 aliphatic carbocycles. The van der Waals surface area contributed by atoms with Gasteiger partial charge in [-0.15, -0.1) is 0 Å². The minimum Gasteiger partial charge on any atom is -0.352 e. The molecule has 2 rings (SSSR count). The molecular weight excluding hydrogens is 366 g/mol. The number of anilines is 1. The van der Waals surface area contributed by atoms with E-state index in [1.807, 2.05) is 36.4 Å². The molecule has 0 heterocycles. The van der Waals surface area contributed by atoms with Crippen LogP contribution in [0.1, 0.15) is 28.4 Å². The zero-order valence-electron chi connectivity index (χ0n) is 17.5. The highest BCUT2D eigenvalue weighted by molar-refractivity contribution is 5.95. The van der Waals surface area contributed by atoms with Gasteiger partial charge in [0, 0.05) is 38.9 Å². The van der Waals surface area contributed by atoms with E-state index in [1.165, 1.54) is 5.56 Å². The Morgan fingerprint density at radius 3 is 2.34 bits per heavy atom. The Balaban J connectivity index is 1.81. The van der Waals surface area contributed by atoms with Crippen LogP contribution in [-0.2, 0) is 17.8 Å². The first kappa shape index (κ1) is 21.9. The van der Waals surface area contributed by atoms with E-state index in [9.17, 15) is 9.59 Å². The number of hydrogen-bond donors (Lipinski definition) is 3. The van der Waals surface area contributed by atoms with Gasteiger partial charge in [-0.25, -0.2) is 0 Å². The molecule has 7 nitrogen and oxygen atoms in total. The van der Waals surface area contributed by atoms with E-state index in [4.69, 9.17) is 0 Å². The molecule has 0 aliphatic heterocycles. The largest absolute Gasteiger partial charge is 0.352 e. The highest BCUT2D eigenvalue weighted by Gasteiger charge is 2.08. The second kappa shape index (κ2) is 10.8. The predicted octanol–water partition coefficient (Wildman–Crippen LogP) is 2.25. The fraction of sp³-hybridized carbons (Fsp3) is 0.318. The maximum atomic E-state index is 12.2. The van der Waals surface area contributed by atoms with E-state index >= 15 is 0 Å². The fourth-order valence-electron chi connectivity index (χ4n) is 2.67. The van der Waals surface area contributed by atoms with E-state index in [1.54, 1.807) is 38.2 Å². The van der Waals surface area contributed by atoms with Crippen LogP contribution >= 0.6 is 0 Å². The van der Waals surface area contributed by atoms with E-state index in [0.717, 1.165) is 17.7 Å². The molecule has 0 saturated heterocycles. The number of benzene rings is 2. The van der Waals surface area contributed by atoms with Crippen molar-refractivity contribution in [3.8, 4) is 0 Å². The predicted molar refractivity (Wildman–Crippen MR) is 117 cm³/mol. The first-order chi connectivity index (χ1) is 13.9. The van der Waals surface area contributed by atoms with Gasteiger partial charge in [0.05, 0.1) is 6.54 Å². The molecule has 0 aliphatic rings. The molecule has 3 N–H and O–H groups in total. The van der Waals surface area contributed by atoms with Crippen LogP contribution in [0.2, 0.25) is 0 Å². The Morgan fingerprint density at radius 2 is 1.72 bits per heavy atom. The van der Waals surface area contributed by atoms with Gasteiger partial charge in [0.15, 0.2) is 5.96 Å². The monoisotopic (exact) mass is 395 g/mol. The first-order valence-electron chi connectivity index (χ1n) is 9.56. The zero-order chi connectivity index (χ0) is 21.2. The minimum absolute atomic E-state index is 0.0301. The van der Waals surface area contributed by atoms with Crippen LogP contribution in [0, 0.1) is 0 Å². The van der Waals surface area contributed by atoms with Crippen molar-refractivity contribution in [2.24, 2.45) is 4.99 Å². The van der Waals surface area contributed by atoms with Crippen molar-refractivity contribution < 1.29 is 9.59 Å². The third-order valence-corrected chi connectivity index (χ3v) is 4.33. The summed E-state index contributed by atoms with van der Waals surface area (Å²) in [7, 11) is 5.10. The lowest BCUT2D eigenvalue weighted by Gasteiger charge is -2.13. The van der Waals surface area contributed by atoms with E-state index in [-0.39, 0.29) is 18.4 Å². The van der Waals surface area contributed by atoms with E-state index in [2.05, 4.69) is 27.9 Å². The Morgan fingerprint density at radius 1 is 1.00 bits per heavy atom. The lowest BCUT2D eigenvalue weighted by Crippen LogP contribution is -2.41. The van der Waals surface area contributed by atoms with Crippen molar-refractivity contribution in [3.63, 3.8) is 0 Å². The molecule has 2 amide bonds. The molecule has 0 saturated carbocycles. The topological polar surface area (TPSA) is 85.8 Å². The summed E-state index contributed by atoms with van der Waals surface area (Å²) in [5, 5.41) is 9.03. The summed E-state index contributed by atoms with van der Waals surface area (Å²) < 4.78 is 0. The van der Waals surface area contributed by atoms with Crippen molar-refractivity contribution in [1.82, 2.24) is 15.5 Å². The van der Waals surface area contributed by atoms with Crippen LogP contribution in [-0.4, -0.2) is 50.4 Å². The van der Waals surface area contributed by atoms with Crippen molar-refractivity contribution in [2.45, 2.75) is 19.9 Å². The summed E-state index contributed by atoms with van der Waals surface area (Å²) in [4.78, 5) is 29.8. The van der Waals surface area contributed by atoms with Gasteiger partial charge in [0.2, 0.25) is 5.91 Å². The van der Waals surface area contributed by atoms with E-state index in [0.29, 0.717) is 18.1 Å². The fourth-order valence-corrected chi connectivity index (χ4v) is 2.67. The molecular formula is C22H29N5O2. The number of carbonyl (C=O) groups excluding carboxylic acids is 2. The number of nitrogens with one attached hydrogen (secondary N) is 3. The summed E-state index contributed by atoms with van der Waals surface area (Å²) in [6, 6.07) is 15.2. The molecule has 0 atom stereocenters. The van der Waals surface area contributed by atoms with Crippen LogP contribution in [0.3, 0.4) is 0 Å². The van der Waals surface area contributed by atoms with Crippen LogP contribution in [0.5, 0.6) is 0 Å². The summed E-state index contributed by atoms with van der Waals surface area (Å²) in [5.74, 6) is 0.348. The average molecular weight is 396 g/mol. The van der Waals surface area contributed by atoms with Crippen LogP contribution in [0.4, 0.5) is 5.69 Å². The van der Waals surface area contributed by atoms with Gasteiger partial charge in [-0.2, -0.15) is 0 Å². The molecule has 29 heavy (non-hydrogen) atoms. The molecule has 0 radical (unpaired) electrons. The lowest BCUT2D eigenvalue weighted by molar-refractivity contribution is -0.115. The summed E-state index contributed by atoms with van der Waals surface area (Å²) in [6.45, 7) is 2.70. The molecule has 0 fully saturated rings. The molecule has 2 aromatic rings. The Hall–Kier alpha value is -3.35. The average Bonchev–Trinajstić information content (AvgIpc) is 2.73. The highest BCUT2D eigenvalue weighted by Crippen LogP contribution is 2.10. The summed E-state index contributed by atoms with van der Waals surface area (Å²) in [5.41, 5.74) is 3.60. The minimum atomic E-state index is -0.146. The van der Waals surface area contributed by atoms with Crippen molar-refractivity contribution in [2.75, 3.05) is 33.0 Å². The number of guanidine groups is 1. The second-order valence-electron chi connectivity index (χ2n) is 6.78. The number of amides is 2. The third kappa shape index (κ3) is 6.95. The zero-order valence-corrected chi connectivity index (χ0v) is 17.5. The van der Waals surface area contributed by atoms with E-state index < -0.39 is 0 Å². The Labute approximate surface area is 172 Å². The van der Waals surface area contributed by atoms with Crippen molar-refractivity contribution >= 4 is 23.5 Å². The number of aliphatic imine (C=N–C) groups is 1. The standard InChI is InChI=1S/C22H29N5O2/c1-5-16-7-6-8-19(13-16)26-20(28)15-25-22(23-2)24-14-17-9-11-18(12-10-17)21(29)27(3)4/h6-13H,5,14-15H2,1-4H3,(H,26,28)(H2,23,24,25). The summed E-state index contributed by atoms with van der Waals surface area (Å²) >= 11 is 0. The van der Waals surface area contributed by atoms with Gasteiger partial charge in [0.25, 0.3) is 5.91 Å². The van der Waals surface area contributed by atoms with Crippen LogP contribution < -0.4 is 16.0 Å². The Kier molecular flexibility index (Phi) is 8.21. The van der Waals surface area contributed by atoms with Gasteiger partial charge >= 0.3 is 0 Å². The second-order valence-corrected chi connectivity index (χ2v) is 6.78. The van der Waals surface area contributed by atoms with Crippen molar-refractivity contribution in [3.05, 3.63) is 65.2 Å². The van der Waals surface area contributed by atoms with Crippen molar-refractivity contribution in [1.29, 1.82) is 0 Å². The van der Waals surface area contributed by atoms with Gasteiger partial charge < -0.3 is 20.9 Å². The lowest BCUT2D eigenvalue weighted by atomic mass is 10.1. The van der Waals surface area contributed by atoms with Gasteiger partial charge in [-0.3, -0.25) is 14.6 Å². The maximum Gasteiger partial charge on any atom is 0.253 e. The highest BCUT2D eigenvalue weighted by atomic mass is 16.2. The molecule has 0 unspecified atom stereocenters. The number of nitrogens with zero attached hydrogens (tertiary/aromatic N) is 2. The number of rotatable bonds is 7.